The number of hydrogen-bond donors (Lipinski definition) is 0. The molecule has 0 aliphatic carbocycles. The van der Waals surface area contributed by atoms with Gasteiger partial charge in [-0.2, -0.15) is 10.4 Å². The Labute approximate surface area is 204 Å². The summed E-state index contributed by atoms with van der Waals surface area (Å²) in [6.45, 7) is 6.22. The minimum Gasteiger partial charge on any atom is -0.494 e. The molecule has 0 saturated heterocycles. The Balaban J connectivity index is 1.86. The molecule has 1 aliphatic heterocycles. The van der Waals surface area contributed by atoms with E-state index in [0.29, 0.717) is 29.0 Å². The zero-order valence-electron chi connectivity index (χ0n) is 20.0. The van der Waals surface area contributed by atoms with E-state index in [4.69, 9.17) is 9.84 Å². The molecule has 0 saturated carbocycles. The van der Waals surface area contributed by atoms with Gasteiger partial charge in [0.2, 0.25) is 0 Å². The molecule has 1 aromatic heterocycles. The third-order valence-electron chi connectivity index (χ3n) is 5.81. The molecule has 2 amide bonds. The van der Waals surface area contributed by atoms with Crippen LogP contribution in [0.5, 0.6) is 5.75 Å². The first-order valence-corrected chi connectivity index (χ1v) is 11.6. The first kappa shape index (κ1) is 23.7. The van der Waals surface area contributed by atoms with Gasteiger partial charge in [-0.15, -0.1) is 0 Å². The lowest BCUT2D eigenvalue weighted by atomic mass is 9.93. The smallest absolute Gasteiger partial charge is 0.271 e. The molecular weight excluding hydrogens is 440 g/mol. The predicted octanol–water partition coefficient (Wildman–Crippen LogP) is 4.94. The monoisotopic (exact) mass is 466 g/mol. The first-order valence-electron chi connectivity index (χ1n) is 11.6. The Morgan fingerprint density at radius 3 is 2.37 bits per heavy atom. The van der Waals surface area contributed by atoms with Crippen LogP contribution < -0.4 is 4.74 Å². The fourth-order valence-electron chi connectivity index (χ4n) is 3.93. The van der Waals surface area contributed by atoms with Crippen molar-refractivity contribution >= 4 is 17.9 Å². The maximum atomic E-state index is 13.2. The van der Waals surface area contributed by atoms with Crippen molar-refractivity contribution in [2.75, 3.05) is 13.2 Å². The van der Waals surface area contributed by atoms with Crippen LogP contribution in [0.4, 0.5) is 0 Å². The summed E-state index contributed by atoms with van der Waals surface area (Å²) < 4.78 is 7.46. The lowest BCUT2D eigenvalue weighted by molar-refractivity contribution is -0.140. The van der Waals surface area contributed by atoms with Gasteiger partial charge in [-0.3, -0.25) is 14.5 Å². The number of hydrogen-bond acceptors (Lipinski definition) is 5. The largest absolute Gasteiger partial charge is 0.494 e. The molecule has 0 radical (unpaired) electrons. The third kappa shape index (κ3) is 4.64. The molecule has 0 atom stereocenters. The van der Waals surface area contributed by atoms with Gasteiger partial charge >= 0.3 is 0 Å². The number of imide groups is 1. The maximum absolute atomic E-state index is 13.2. The van der Waals surface area contributed by atoms with Crippen LogP contribution in [0.15, 0.2) is 77.5 Å². The van der Waals surface area contributed by atoms with Crippen LogP contribution >= 0.6 is 0 Å². The molecule has 2 aromatic carbocycles. The normalized spacial score (nSPS) is 15.0. The summed E-state index contributed by atoms with van der Waals surface area (Å²) in [6, 6.07) is 19.3. The number of para-hydroxylation sites is 1. The van der Waals surface area contributed by atoms with Gasteiger partial charge in [0, 0.05) is 29.4 Å². The third-order valence-corrected chi connectivity index (χ3v) is 5.81. The number of nitriles is 1. The van der Waals surface area contributed by atoms with Crippen LogP contribution in [-0.2, 0) is 9.59 Å². The zero-order valence-corrected chi connectivity index (χ0v) is 20.0. The van der Waals surface area contributed by atoms with Crippen molar-refractivity contribution < 1.29 is 14.3 Å². The number of amides is 2. The lowest BCUT2D eigenvalue weighted by Gasteiger charge is -2.26. The van der Waals surface area contributed by atoms with E-state index in [1.807, 2.05) is 66.9 Å². The topological polar surface area (TPSA) is 88.2 Å². The molecule has 0 fully saturated rings. The van der Waals surface area contributed by atoms with Gasteiger partial charge in [0.1, 0.15) is 17.4 Å². The molecule has 7 nitrogen and oxygen atoms in total. The minimum atomic E-state index is -0.558. The van der Waals surface area contributed by atoms with Crippen molar-refractivity contribution in [1.82, 2.24) is 14.7 Å². The Morgan fingerprint density at radius 2 is 1.74 bits per heavy atom. The second-order valence-electron chi connectivity index (χ2n) is 8.11. The Kier molecular flexibility index (Phi) is 6.93. The molecular formula is C28H26N4O3. The van der Waals surface area contributed by atoms with E-state index in [1.165, 1.54) is 0 Å². The second-order valence-corrected chi connectivity index (χ2v) is 8.11. The number of nitrogens with zero attached hydrogens (tertiary/aromatic N) is 4. The average Bonchev–Trinajstić information content (AvgIpc) is 3.31. The molecule has 0 N–H and O–H groups in total. The number of rotatable bonds is 7. The van der Waals surface area contributed by atoms with Crippen LogP contribution in [0.25, 0.3) is 23.0 Å². The number of benzene rings is 2. The van der Waals surface area contributed by atoms with Gasteiger partial charge in [-0.05, 0) is 68.3 Å². The first-order chi connectivity index (χ1) is 17.0. The SMILES string of the molecule is CCCOc1ccc(-c2nn(-c3ccccc3)cc2/C=C2/C(=O)N(CC)C(=O)C(C#N)=C2C)cc1. The van der Waals surface area contributed by atoms with E-state index in [9.17, 15) is 14.9 Å². The summed E-state index contributed by atoms with van der Waals surface area (Å²) >= 11 is 0. The average molecular weight is 467 g/mol. The zero-order chi connectivity index (χ0) is 24.9. The Bertz CT molecular complexity index is 1360. The molecule has 0 spiro atoms. The van der Waals surface area contributed by atoms with Crippen LogP contribution in [0, 0.1) is 11.3 Å². The highest BCUT2D eigenvalue weighted by molar-refractivity contribution is 6.19. The van der Waals surface area contributed by atoms with Crippen LogP contribution in [0.1, 0.15) is 32.8 Å². The lowest BCUT2D eigenvalue weighted by Crippen LogP contribution is -2.42. The molecule has 0 unspecified atom stereocenters. The number of aromatic nitrogens is 2. The molecule has 4 rings (SSSR count). The molecule has 2 heterocycles. The summed E-state index contributed by atoms with van der Waals surface area (Å²) in [5.41, 5.74) is 3.74. The van der Waals surface area contributed by atoms with E-state index >= 15 is 0 Å². The highest BCUT2D eigenvalue weighted by Crippen LogP contribution is 2.31. The fourth-order valence-corrected chi connectivity index (χ4v) is 3.93. The quantitative estimate of drug-likeness (QED) is 0.364. The van der Waals surface area contributed by atoms with Crippen molar-refractivity contribution in [2.45, 2.75) is 27.2 Å². The van der Waals surface area contributed by atoms with Gasteiger partial charge in [-0.1, -0.05) is 25.1 Å². The van der Waals surface area contributed by atoms with Gasteiger partial charge in [0.15, 0.2) is 0 Å². The molecule has 176 valence electrons. The van der Waals surface area contributed by atoms with Crippen molar-refractivity contribution in [3.05, 3.63) is 83.1 Å². The Hall–Kier alpha value is -4.44. The summed E-state index contributed by atoms with van der Waals surface area (Å²) in [4.78, 5) is 26.8. The van der Waals surface area contributed by atoms with Gasteiger partial charge in [0.25, 0.3) is 11.8 Å². The number of carbonyl (C=O) groups is 2. The number of carbonyl (C=O) groups excluding carboxylic acids is 2. The predicted molar refractivity (Wildman–Crippen MR) is 133 cm³/mol. The van der Waals surface area contributed by atoms with E-state index in [-0.39, 0.29) is 12.1 Å². The number of ether oxygens (including phenoxy) is 1. The minimum absolute atomic E-state index is 0.0212. The molecule has 3 aromatic rings. The highest BCUT2D eigenvalue weighted by atomic mass is 16.5. The van der Waals surface area contributed by atoms with Crippen LogP contribution in [0.2, 0.25) is 0 Å². The number of likely N-dealkylation sites (N-methyl/N-ethyl adjacent to an activating group) is 1. The van der Waals surface area contributed by atoms with E-state index in [0.717, 1.165) is 28.3 Å². The van der Waals surface area contributed by atoms with Crippen molar-refractivity contribution in [3.63, 3.8) is 0 Å². The van der Waals surface area contributed by atoms with Crippen LogP contribution in [-0.4, -0.2) is 39.6 Å². The van der Waals surface area contributed by atoms with Gasteiger partial charge in [0.05, 0.1) is 18.0 Å². The van der Waals surface area contributed by atoms with Crippen molar-refractivity contribution in [1.29, 1.82) is 5.26 Å². The summed E-state index contributed by atoms with van der Waals surface area (Å²) in [6.07, 6.45) is 4.48. The molecule has 35 heavy (non-hydrogen) atoms. The molecule has 0 bridgehead atoms. The highest BCUT2D eigenvalue weighted by Gasteiger charge is 2.34. The summed E-state index contributed by atoms with van der Waals surface area (Å²) in [5.74, 6) is -0.205. The second kappa shape index (κ2) is 10.2. The van der Waals surface area contributed by atoms with Gasteiger partial charge in [-0.25, -0.2) is 4.68 Å². The van der Waals surface area contributed by atoms with Gasteiger partial charge < -0.3 is 4.74 Å². The fraction of sp³-hybridized carbons (Fsp3) is 0.214. The molecule has 1 aliphatic rings. The van der Waals surface area contributed by atoms with E-state index < -0.39 is 11.8 Å². The summed E-state index contributed by atoms with van der Waals surface area (Å²) in [5, 5.41) is 14.4. The van der Waals surface area contributed by atoms with Crippen LogP contribution in [0.3, 0.4) is 0 Å². The molecule has 7 heteroatoms. The Morgan fingerprint density at radius 1 is 1.03 bits per heavy atom. The van der Waals surface area contributed by atoms with Crippen molar-refractivity contribution in [2.24, 2.45) is 0 Å². The van der Waals surface area contributed by atoms with E-state index in [2.05, 4.69) is 6.92 Å². The standard InChI is InChI=1S/C28H26N4O3/c1-4-15-35-23-13-11-20(12-14-23)26-21(18-32(30-26)22-9-7-6-8-10-22)16-24-19(3)25(17-29)28(34)31(5-2)27(24)33/h6-14,16,18H,4-5,15H2,1-3H3/b24-16+. The van der Waals surface area contributed by atoms with E-state index in [1.54, 1.807) is 24.6 Å². The summed E-state index contributed by atoms with van der Waals surface area (Å²) in [7, 11) is 0. The maximum Gasteiger partial charge on any atom is 0.271 e. The van der Waals surface area contributed by atoms with Crippen molar-refractivity contribution in [3.8, 4) is 28.8 Å².